The summed E-state index contributed by atoms with van der Waals surface area (Å²) in [5.74, 6) is -0.0752. The van der Waals surface area contributed by atoms with Gasteiger partial charge in [-0.15, -0.1) is 0 Å². The molecule has 0 fully saturated rings. The SMILES string of the molecule is COc1cc(C=C2C(C)=C(CC(=O)NCc3ccccn3)c3cc(F)ccc32)cc(OC)c1O. The molecule has 0 unspecified atom stereocenters. The van der Waals surface area contributed by atoms with E-state index in [0.29, 0.717) is 12.1 Å². The van der Waals surface area contributed by atoms with Crippen LogP contribution < -0.4 is 14.8 Å². The minimum absolute atomic E-state index is 0.0847. The summed E-state index contributed by atoms with van der Waals surface area (Å²) >= 11 is 0. The van der Waals surface area contributed by atoms with Crippen LogP contribution in [-0.4, -0.2) is 30.2 Å². The van der Waals surface area contributed by atoms with E-state index in [1.165, 1.54) is 26.4 Å². The van der Waals surface area contributed by atoms with Gasteiger partial charge in [-0.3, -0.25) is 9.78 Å². The first-order valence-electron chi connectivity index (χ1n) is 10.7. The number of benzene rings is 2. The number of carbonyl (C=O) groups excluding carboxylic acids is 1. The normalized spacial score (nSPS) is 13.7. The van der Waals surface area contributed by atoms with E-state index >= 15 is 0 Å². The third-order valence-electron chi connectivity index (χ3n) is 5.80. The zero-order chi connectivity index (χ0) is 24.2. The molecule has 2 aromatic carbocycles. The number of hydrogen-bond acceptors (Lipinski definition) is 5. The van der Waals surface area contributed by atoms with Crippen LogP contribution in [0.15, 0.2) is 60.3 Å². The minimum atomic E-state index is -0.368. The second kappa shape index (κ2) is 9.79. The second-order valence-corrected chi connectivity index (χ2v) is 7.90. The molecule has 0 radical (unpaired) electrons. The molecule has 1 amide bonds. The number of fused-ring (bicyclic) bond motifs is 1. The van der Waals surface area contributed by atoms with Crippen molar-refractivity contribution in [3.05, 3.63) is 88.5 Å². The van der Waals surface area contributed by atoms with Gasteiger partial charge < -0.3 is 19.9 Å². The quantitative estimate of drug-likeness (QED) is 0.520. The highest BCUT2D eigenvalue weighted by Crippen LogP contribution is 2.45. The van der Waals surface area contributed by atoms with Gasteiger partial charge in [0.2, 0.25) is 11.7 Å². The van der Waals surface area contributed by atoms with E-state index in [4.69, 9.17) is 9.47 Å². The Balaban J connectivity index is 1.68. The zero-order valence-electron chi connectivity index (χ0n) is 19.2. The summed E-state index contributed by atoms with van der Waals surface area (Å²) in [6, 6.07) is 13.5. The lowest BCUT2D eigenvalue weighted by Gasteiger charge is -2.11. The number of rotatable bonds is 7. The number of phenolic OH excluding ortho intramolecular Hbond substituents is 1. The Morgan fingerprint density at radius 2 is 1.82 bits per heavy atom. The van der Waals surface area contributed by atoms with Gasteiger partial charge in [-0.2, -0.15) is 0 Å². The number of amides is 1. The van der Waals surface area contributed by atoms with Gasteiger partial charge in [0.05, 0.1) is 32.9 Å². The summed E-state index contributed by atoms with van der Waals surface area (Å²) in [5, 5.41) is 13.1. The van der Waals surface area contributed by atoms with E-state index in [2.05, 4.69) is 10.3 Å². The maximum Gasteiger partial charge on any atom is 0.224 e. The van der Waals surface area contributed by atoms with Crippen molar-refractivity contribution in [3.63, 3.8) is 0 Å². The van der Waals surface area contributed by atoms with Crippen LogP contribution in [0.3, 0.4) is 0 Å². The lowest BCUT2D eigenvalue weighted by atomic mass is 10.00. The van der Waals surface area contributed by atoms with Crippen molar-refractivity contribution in [1.29, 1.82) is 0 Å². The number of allylic oxidation sites excluding steroid dienone is 2. The molecule has 0 saturated heterocycles. The van der Waals surface area contributed by atoms with Crippen molar-refractivity contribution in [3.8, 4) is 17.2 Å². The third-order valence-corrected chi connectivity index (χ3v) is 5.80. The summed E-state index contributed by atoms with van der Waals surface area (Å²) in [7, 11) is 2.93. The summed E-state index contributed by atoms with van der Waals surface area (Å²) in [6.45, 7) is 2.23. The average molecular weight is 461 g/mol. The van der Waals surface area contributed by atoms with Crippen LogP contribution in [0.2, 0.25) is 0 Å². The number of pyridine rings is 1. The van der Waals surface area contributed by atoms with Gasteiger partial charge in [-0.05, 0) is 82.8 Å². The van der Waals surface area contributed by atoms with E-state index in [1.54, 1.807) is 24.4 Å². The maximum absolute atomic E-state index is 14.2. The number of carbonyl (C=O) groups is 1. The van der Waals surface area contributed by atoms with E-state index in [9.17, 15) is 14.3 Å². The van der Waals surface area contributed by atoms with Crippen molar-refractivity contribution in [2.24, 2.45) is 0 Å². The van der Waals surface area contributed by atoms with Crippen LogP contribution in [0.5, 0.6) is 17.2 Å². The standard InChI is InChI=1S/C27H25FN2O4/c1-16-21(10-17-11-24(33-2)27(32)25(12-17)34-3)20-8-7-18(28)13-23(20)22(16)14-26(31)30-15-19-6-4-5-9-29-19/h4-13,32H,14-15H2,1-3H3,(H,30,31). The van der Waals surface area contributed by atoms with Crippen molar-refractivity contribution < 1.29 is 23.8 Å². The first kappa shape index (κ1) is 23.0. The molecule has 0 saturated carbocycles. The molecule has 1 aliphatic rings. The predicted octanol–water partition coefficient (Wildman–Crippen LogP) is 4.98. The van der Waals surface area contributed by atoms with Crippen molar-refractivity contribution >= 4 is 23.1 Å². The monoisotopic (exact) mass is 460 g/mol. The molecule has 34 heavy (non-hydrogen) atoms. The van der Waals surface area contributed by atoms with Gasteiger partial charge in [-0.25, -0.2) is 4.39 Å². The van der Waals surface area contributed by atoms with Crippen LogP contribution in [0.25, 0.3) is 17.2 Å². The molecule has 0 bridgehead atoms. The molecule has 1 aliphatic carbocycles. The molecule has 0 aliphatic heterocycles. The Morgan fingerprint density at radius 1 is 1.09 bits per heavy atom. The van der Waals surface area contributed by atoms with Crippen molar-refractivity contribution in [1.82, 2.24) is 10.3 Å². The molecular formula is C27H25FN2O4. The number of methoxy groups -OCH3 is 2. The molecule has 0 atom stereocenters. The molecule has 4 rings (SSSR count). The first-order chi connectivity index (χ1) is 16.4. The number of aromatic hydroxyl groups is 1. The molecule has 1 aromatic heterocycles. The van der Waals surface area contributed by atoms with Crippen LogP contribution in [0.1, 0.15) is 35.7 Å². The molecule has 6 nitrogen and oxygen atoms in total. The van der Waals surface area contributed by atoms with Crippen LogP contribution >= 0.6 is 0 Å². The molecule has 2 N–H and O–H groups in total. The molecule has 1 heterocycles. The van der Waals surface area contributed by atoms with Crippen LogP contribution in [0.4, 0.5) is 4.39 Å². The number of phenols is 1. The van der Waals surface area contributed by atoms with Gasteiger partial charge in [0, 0.05) is 6.20 Å². The Hall–Kier alpha value is -4.13. The van der Waals surface area contributed by atoms with E-state index < -0.39 is 0 Å². The van der Waals surface area contributed by atoms with Crippen LogP contribution in [-0.2, 0) is 11.3 Å². The van der Waals surface area contributed by atoms with Gasteiger partial charge >= 0.3 is 0 Å². The Labute approximate surface area is 197 Å². The first-order valence-corrected chi connectivity index (χ1v) is 10.7. The second-order valence-electron chi connectivity index (χ2n) is 7.90. The average Bonchev–Trinajstić information content (AvgIpc) is 3.09. The third kappa shape index (κ3) is 4.64. The number of nitrogens with zero attached hydrogens (tertiary/aromatic N) is 1. The fourth-order valence-electron chi connectivity index (χ4n) is 4.06. The topological polar surface area (TPSA) is 80.7 Å². The lowest BCUT2D eigenvalue weighted by Crippen LogP contribution is -2.23. The van der Waals surface area contributed by atoms with Gasteiger partial charge in [0.1, 0.15) is 5.82 Å². The van der Waals surface area contributed by atoms with E-state index in [1.807, 2.05) is 31.2 Å². The lowest BCUT2D eigenvalue weighted by molar-refractivity contribution is -0.120. The number of nitrogens with one attached hydrogen (secondary N) is 1. The van der Waals surface area contributed by atoms with E-state index in [-0.39, 0.29) is 35.4 Å². The molecular weight excluding hydrogens is 435 g/mol. The van der Waals surface area contributed by atoms with Gasteiger partial charge in [0.25, 0.3) is 0 Å². The fourth-order valence-corrected chi connectivity index (χ4v) is 4.06. The molecule has 0 spiro atoms. The Morgan fingerprint density at radius 3 is 2.47 bits per heavy atom. The summed E-state index contributed by atoms with van der Waals surface area (Å²) in [5.41, 5.74) is 5.51. The summed E-state index contributed by atoms with van der Waals surface area (Å²) in [6.07, 6.45) is 3.69. The van der Waals surface area contributed by atoms with Gasteiger partial charge in [-0.1, -0.05) is 12.1 Å². The molecule has 7 heteroatoms. The minimum Gasteiger partial charge on any atom is -0.502 e. The largest absolute Gasteiger partial charge is 0.502 e. The Bertz CT molecular complexity index is 1270. The number of halogens is 1. The predicted molar refractivity (Wildman–Crippen MR) is 129 cm³/mol. The highest BCUT2D eigenvalue weighted by Gasteiger charge is 2.26. The van der Waals surface area contributed by atoms with Gasteiger partial charge in [0.15, 0.2) is 11.5 Å². The maximum atomic E-state index is 14.2. The highest BCUT2D eigenvalue weighted by molar-refractivity contribution is 6.08. The summed E-state index contributed by atoms with van der Waals surface area (Å²) < 4.78 is 24.7. The molecule has 3 aromatic rings. The smallest absolute Gasteiger partial charge is 0.224 e. The highest BCUT2D eigenvalue weighted by atomic mass is 19.1. The summed E-state index contributed by atoms with van der Waals surface area (Å²) in [4.78, 5) is 16.9. The number of aromatic nitrogens is 1. The van der Waals surface area contributed by atoms with Crippen LogP contribution in [0, 0.1) is 5.82 Å². The number of ether oxygens (including phenoxy) is 2. The number of hydrogen-bond donors (Lipinski definition) is 2. The van der Waals surface area contributed by atoms with Crippen molar-refractivity contribution in [2.45, 2.75) is 19.9 Å². The van der Waals surface area contributed by atoms with E-state index in [0.717, 1.165) is 33.5 Å². The fraction of sp³-hybridized carbons (Fsp3) is 0.185. The molecule has 174 valence electrons. The Kier molecular flexibility index (Phi) is 6.63. The van der Waals surface area contributed by atoms with Crippen molar-refractivity contribution in [2.75, 3.05) is 14.2 Å². The zero-order valence-corrected chi connectivity index (χ0v) is 19.2.